The third-order valence-corrected chi connectivity index (χ3v) is 5.52. The summed E-state index contributed by atoms with van der Waals surface area (Å²) in [6.07, 6.45) is 2.44. The van der Waals surface area contributed by atoms with Crippen LogP contribution in [0.2, 0.25) is 5.02 Å². The predicted octanol–water partition coefficient (Wildman–Crippen LogP) is 4.60. The average Bonchev–Trinajstić information content (AvgIpc) is 2.99. The van der Waals surface area contributed by atoms with Gasteiger partial charge in [0.05, 0.1) is 22.8 Å². The van der Waals surface area contributed by atoms with E-state index in [1.54, 1.807) is 36.7 Å². The fourth-order valence-corrected chi connectivity index (χ4v) is 4.08. The summed E-state index contributed by atoms with van der Waals surface area (Å²) in [6.45, 7) is 0.204. The van der Waals surface area contributed by atoms with E-state index in [9.17, 15) is 9.90 Å². The molecule has 29 heavy (non-hydrogen) atoms. The van der Waals surface area contributed by atoms with Gasteiger partial charge < -0.3 is 10.0 Å². The molecule has 5 rings (SSSR count). The van der Waals surface area contributed by atoms with Crippen molar-refractivity contribution in [2.45, 2.75) is 12.8 Å². The van der Waals surface area contributed by atoms with E-state index >= 15 is 0 Å². The molecule has 3 heterocycles. The highest BCUT2D eigenvalue weighted by Crippen LogP contribution is 2.37. The molecule has 1 aliphatic rings. The number of halogens is 1. The molecule has 2 aromatic carbocycles. The Kier molecular flexibility index (Phi) is 4.27. The zero-order valence-electron chi connectivity index (χ0n) is 15.3. The molecule has 6 heteroatoms. The number of pyridine rings is 2. The van der Waals surface area contributed by atoms with Gasteiger partial charge in [-0.25, -0.2) is 0 Å². The van der Waals surface area contributed by atoms with Gasteiger partial charge in [0, 0.05) is 34.5 Å². The molecule has 1 aliphatic heterocycles. The molecule has 1 amide bonds. The highest BCUT2D eigenvalue weighted by molar-refractivity contribution is 6.35. The number of aromatic nitrogens is 2. The number of benzene rings is 2. The first-order valence-electron chi connectivity index (χ1n) is 9.20. The molecule has 1 N–H and O–H groups in total. The Balaban J connectivity index is 1.66. The summed E-state index contributed by atoms with van der Waals surface area (Å²) < 4.78 is 0. The van der Waals surface area contributed by atoms with E-state index in [1.807, 2.05) is 36.4 Å². The van der Waals surface area contributed by atoms with Crippen molar-refractivity contribution >= 4 is 28.4 Å². The minimum Gasteiger partial charge on any atom is -0.369 e. The molecule has 0 bridgehead atoms. The minimum atomic E-state index is -0.995. The first-order chi connectivity index (χ1) is 14.1. The number of fused-ring (bicyclic) bond motifs is 2. The van der Waals surface area contributed by atoms with Crippen molar-refractivity contribution in [3.05, 3.63) is 94.8 Å². The highest BCUT2D eigenvalue weighted by atomic mass is 35.5. The van der Waals surface area contributed by atoms with Gasteiger partial charge in [-0.1, -0.05) is 48.0 Å². The van der Waals surface area contributed by atoms with Crippen LogP contribution in [0.3, 0.4) is 0 Å². The number of amides is 1. The maximum atomic E-state index is 12.9. The zero-order valence-corrected chi connectivity index (χ0v) is 16.0. The smallest absolute Gasteiger partial charge is 0.256 e. The second-order valence-corrected chi connectivity index (χ2v) is 7.31. The molecular weight excluding hydrogens is 386 g/mol. The summed E-state index contributed by atoms with van der Waals surface area (Å²) >= 11 is 6.36. The SMILES string of the molecule is O=C1c2ccccc2C(O)N1Cc1cnc2c(Cl)cccc2c1-c1ccccn1. The summed E-state index contributed by atoms with van der Waals surface area (Å²) in [5, 5.41) is 12.1. The molecule has 0 fully saturated rings. The van der Waals surface area contributed by atoms with Crippen LogP contribution < -0.4 is 0 Å². The topological polar surface area (TPSA) is 66.3 Å². The molecule has 0 radical (unpaired) electrons. The standard InChI is InChI=1S/C23H16ClN3O2/c24-18-9-5-8-17-20(19-10-3-4-11-25-19)14(12-26-21(17)18)13-27-22(28)15-6-1-2-7-16(15)23(27)29/h1-12,22,28H,13H2. The number of rotatable bonds is 3. The van der Waals surface area contributed by atoms with E-state index in [4.69, 9.17) is 11.6 Å². The lowest BCUT2D eigenvalue weighted by Crippen LogP contribution is -2.27. The van der Waals surface area contributed by atoms with E-state index in [0.29, 0.717) is 21.7 Å². The van der Waals surface area contributed by atoms with Crippen LogP contribution in [0.4, 0.5) is 0 Å². The molecule has 0 spiro atoms. The second-order valence-electron chi connectivity index (χ2n) is 6.90. The molecule has 142 valence electrons. The van der Waals surface area contributed by atoms with Gasteiger partial charge in [-0.15, -0.1) is 0 Å². The molecule has 5 nitrogen and oxygen atoms in total. The molecule has 0 saturated carbocycles. The normalized spacial score (nSPS) is 15.7. The van der Waals surface area contributed by atoms with Crippen LogP contribution in [0, 0.1) is 0 Å². The van der Waals surface area contributed by atoms with Crippen molar-refractivity contribution in [1.29, 1.82) is 0 Å². The van der Waals surface area contributed by atoms with Gasteiger partial charge in [0.25, 0.3) is 5.91 Å². The van der Waals surface area contributed by atoms with E-state index in [-0.39, 0.29) is 12.5 Å². The van der Waals surface area contributed by atoms with Gasteiger partial charge in [-0.05, 0) is 29.8 Å². The molecular formula is C23H16ClN3O2. The first-order valence-corrected chi connectivity index (χ1v) is 9.58. The number of para-hydroxylation sites is 1. The minimum absolute atomic E-state index is 0.203. The van der Waals surface area contributed by atoms with Crippen LogP contribution in [0.25, 0.3) is 22.2 Å². The number of hydrogen-bond donors (Lipinski definition) is 1. The Morgan fingerprint density at radius 2 is 1.83 bits per heavy atom. The Morgan fingerprint density at radius 1 is 1.00 bits per heavy atom. The maximum absolute atomic E-state index is 12.9. The van der Waals surface area contributed by atoms with Gasteiger partial charge in [0.15, 0.2) is 6.23 Å². The van der Waals surface area contributed by atoms with Crippen molar-refractivity contribution in [1.82, 2.24) is 14.9 Å². The fraction of sp³-hybridized carbons (Fsp3) is 0.0870. The van der Waals surface area contributed by atoms with Crippen molar-refractivity contribution in [2.24, 2.45) is 0 Å². The van der Waals surface area contributed by atoms with Gasteiger partial charge >= 0.3 is 0 Å². The molecule has 1 unspecified atom stereocenters. The summed E-state index contributed by atoms with van der Waals surface area (Å²) in [7, 11) is 0. The van der Waals surface area contributed by atoms with Crippen LogP contribution in [-0.2, 0) is 6.54 Å². The van der Waals surface area contributed by atoms with Gasteiger partial charge in [-0.3, -0.25) is 14.8 Å². The average molecular weight is 402 g/mol. The zero-order chi connectivity index (χ0) is 20.0. The van der Waals surface area contributed by atoms with E-state index in [2.05, 4.69) is 9.97 Å². The van der Waals surface area contributed by atoms with E-state index in [0.717, 1.165) is 22.2 Å². The summed E-state index contributed by atoms with van der Waals surface area (Å²) in [6, 6.07) is 18.4. The number of hydrogen-bond acceptors (Lipinski definition) is 4. The summed E-state index contributed by atoms with van der Waals surface area (Å²) in [5.41, 5.74) is 4.23. The van der Waals surface area contributed by atoms with Gasteiger partial charge in [0.1, 0.15) is 0 Å². The van der Waals surface area contributed by atoms with Crippen molar-refractivity contribution in [3.8, 4) is 11.3 Å². The van der Waals surface area contributed by atoms with E-state index in [1.165, 1.54) is 4.90 Å². The quantitative estimate of drug-likeness (QED) is 0.545. The Hall–Kier alpha value is -3.28. The Morgan fingerprint density at radius 3 is 2.62 bits per heavy atom. The van der Waals surface area contributed by atoms with E-state index < -0.39 is 6.23 Å². The number of carbonyl (C=O) groups excluding carboxylic acids is 1. The molecule has 2 aromatic heterocycles. The third-order valence-electron chi connectivity index (χ3n) is 5.21. The van der Waals surface area contributed by atoms with Crippen LogP contribution in [-0.4, -0.2) is 25.9 Å². The van der Waals surface area contributed by atoms with Crippen LogP contribution >= 0.6 is 11.6 Å². The van der Waals surface area contributed by atoms with Gasteiger partial charge in [-0.2, -0.15) is 0 Å². The molecule has 1 atom stereocenters. The van der Waals surface area contributed by atoms with Crippen molar-refractivity contribution in [3.63, 3.8) is 0 Å². The Bertz CT molecular complexity index is 1240. The third kappa shape index (κ3) is 2.87. The monoisotopic (exact) mass is 401 g/mol. The largest absolute Gasteiger partial charge is 0.369 e. The number of nitrogens with zero attached hydrogens (tertiary/aromatic N) is 3. The Labute approximate surface area is 172 Å². The lowest BCUT2D eigenvalue weighted by Gasteiger charge is -2.23. The van der Waals surface area contributed by atoms with Crippen LogP contribution in [0.5, 0.6) is 0 Å². The highest BCUT2D eigenvalue weighted by Gasteiger charge is 2.35. The molecule has 0 saturated heterocycles. The number of carbonyl (C=O) groups is 1. The second kappa shape index (κ2) is 6.95. The maximum Gasteiger partial charge on any atom is 0.256 e. The molecule has 4 aromatic rings. The molecule has 0 aliphatic carbocycles. The van der Waals surface area contributed by atoms with Crippen LogP contribution in [0.15, 0.2) is 73.1 Å². The van der Waals surface area contributed by atoms with Gasteiger partial charge in [0.2, 0.25) is 0 Å². The lowest BCUT2D eigenvalue weighted by molar-refractivity contribution is 0.0138. The number of aliphatic hydroxyl groups is 1. The first kappa shape index (κ1) is 17.8. The number of aliphatic hydroxyl groups excluding tert-OH is 1. The fourth-order valence-electron chi connectivity index (χ4n) is 3.85. The lowest BCUT2D eigenvalue weighted by atomic mass is 9.99. The summed E-state index contributed by atoms with van der Waals surface area (Å²) in [5.74, 6) is -0.203. The predicted molar refractivity (Wildman–Crippen MR) is 111 cm³/mol. The summed E-state index contributed by atoms with van der Waals surface area (Å²) in [4.78, 5) is 23.4. The van der Waals surface area contributed by atoms with Crippen molar-refractivity contribution in [2.75, 3.05) is 0 Å². The van der Waals surface area contributed by atoms with Crippen molar-refractivity contribution < 1.29 is 9.90 Å². The van der Waals surface area contributed by atoms with Crippen LogP contribution in [0.1, 0.15) is 27.7 Å².